The topological polar surface area (TPSA) is 105 Å². The van der Waals surface area contributed by atoms with Crippen LogP contribution in [-0.2, 0) is 14.3 Å². The number of carbonyl (C=O) groups is 3. The molecule has 0 fully saturated rings. The average molecular weight is 467 g/mol. The van der Waals surface area contributed by atoms with Crippen LogP contribution in [0.25, 0.3) is 11.1 Å². The molecular formula is C27H34N2O5. The summed E-state index contributed by atoms with van der Waals surface area (Å²) in [6.07, 6.45) is 0.727. The largest absolute Gasteiger partial charge is 0.481 e. The smallest absolute Gasteiger partial charge is 0.407 e. The lowest BCUT2D eigenvalue weighted by Crippen LogP contribution is -2.45. The predicted molar refractivity (Wildman–Crippen MR) is 131 cm³/mol. The molecule has 0 spiro atoms. The minimum atomic E-state index is -0.948. The standard InChI is InChI=1S/C27H34N2O5/c1-4-9-18(14-26(31)32)28-25(30)15-24(17(2)3)29-27(33)34-16-23-21-12-7-5-10-19(21)20-11-6-8-13-22(20)23/h5-8,10-13,17-18,23-24H,4,9,14-16H2,1-3H3,(H,28,30)(H,29,33)(H,31,32). The average Bonchev–Trinajstić information content (AvgIpc) is 3.10. The zero-order valence-corrected chi connectivity index (χ0v) is 20.0. The van der Waals surface area contributed by atoms with Crippen molar-refractivity contribution in [3.63, 3.8) is 0 Å². The second kappa shape index (κ2) is 11.7. The Morgan fingerprint density at radius 2 is 1.53 bits per heavy atom. The predicted octanol–water partition coefficient (Wildman–Crippen LogP) is 4.70. The number of carboxylic acid groups (broad SMARTS) is 1. The van der Waals surface area contributed by atoms with E-state index in [0.717, 1.165) is 28.7 Å². The fourth-order valence-corrected chi connectivity index (χ4v) is 4.52. The van der Waals surface area contributed by atoms with Gasteiger partial charge in [0.25, 0.3) is 0 Å². The molecule has 1 aliphatic carbocycles. The number of hydrogen-bond donors (Lipinski definition) is 3. The van der Waals surface area contributed by atoms with Gasteiger partial charge in [-0.15, -0.1) is 0 Å². The molecule has 34 heavy (non-hydrogen) atoms. The molecule has 3 N–H and O–H groups in total. The summed E-state index contributed by atoms with van der Waals surface area (Å²) in [4.78, 5) is 36.3. The first-order valence-corrected chi connectivity index (χ1v) is 11.9. The molecular weight excluding hydrogens is 432 g/mol. The molecule has 3 rings (SSSR count). The number of fused-ring (bicyclic) bond motifs is 3. The van der Waals surface area contributed by atoms with Gasteiger partial charge >= 0.3 is 12.1 Å². The Morgan fingerprint density at radius 1 is 0.941 bits per heavy atom. The van der Waals surface area contributed by atoms with Crippen LogP contribution in [0.3, 0.4) is 0 Å². The summed E-state index contributed by atoms with van der Waals surface area (Å²) in [5.41, 5.74) is 4.59. The Hall–Kier alpha value is -3.35. The third-order valence-corrected chi connectivity index (χ3v) is 6.28. The number of carbonyl (C=O) groups excluding carboxylic acids is 2. The third kappa shape index (κ3) is 6.37. The zero-order valence-electron chi connectivity index (χ0n) is 20.0. The molecule has 2 unspecified atom stereocenters. The summed E-state index contributed by atoms with van der Waals surface area (Å²) in [5, 5.41) is 14.7. The van der Waals surface area contributed by atoms with E-state index in [2.05, 4.69) is 34.9 Å². The molecule has 0 heterocycles. The maximum absolute atomic E-state index is 12.6. The third-order valence-electron chi connectivity index (χ3n) is 6.28. The van der Waals surface area contributed by atoms with Gasteiger partial charge in [-0.2, -0.15) is 0 Å². The van der Waals surface area contributed by atoms with Gasteiger partial charge in [-0.05, 0) is 34.6 Å². The van der Waals surface area contributed by atoms with E-state index in [0.29, 0.717) is 6.42 Å². The number of benzene rings is 2. The monoisotopic (exact) mass is 466 g/mol. The summed E-state index contributed by atoms with van der Waals surface area (Å²) in [6.45, 7) is 5.98. The molecule has 0 saturated carbocycles. The number of alkyl carbamates (subject to hydrolysis) is 1. The Morgan fingerprint density at radius 3 is 2.06 bits per heavy atom. The molecule has 182 valence electrons. The van der Waals surface area contributed by atoms with Gasteiger partial charge in [-0.1, -0.05) is 75.7 Å². The number of rotatable bonds is 11. The summed E-state index contributed by atoms with van der Waals surface area (Å²) >= 11 is 0. The van der Waals surface area contributed by atoms with E-state index >= 15 is 0 Å². The molecule has 7 nitrogen and oxygen atoms in total. The summed E-state index contributed by atoms with van der Waals surface area (Å²) in [7, 11) is 0. The lowest BCUT2D eigenvalue weighted by molar-refractivity contribution is -0.137. The maximum Gasteiger partial charge on any atom is 0.407 e. The molecule has 0 aliphatic heterocycles. The minimum Gasteiger partial charge on any atom is -0.481 e. The van der Waals surface area contributed by atoms with Gasteiger partial charge in [0.1, 0.15) is 6.61 Å². The van der Waals surface area contributed by atoms with E-state index in [1.807, 2.05) is 45.0 Å². The van der Waals surface area contributed by atoms with Crippen LogP contribution in [0, 0.1) is 5.92 Å². The molecule has 0 bridgehead atoms. The van der Waals surface area contributed by atoms with Gasteiger partial charge in [0, 0.05) is 24.4 Å². The Kier molecular flexibility index (Phi) is 8.68. The van der Waals surface area contributed by atoms with Crippen LogP contribution >= 0.6 is 0 Å². The molecule has 2 aromatic carbocycles. The zero-order chi connectivity index (χ0) is 24.7. The minimum absolute atomic E-state index is 0.00432. The van der Waals surface area contributed by atoms with E-state index in [4.69, 9.17) is 9.84 Å². The van der Waals surface area contributed by atoms with Crippen molar-refractivity contribution in [2.75, 3.05) is 6.61 Å². The number of aliphatic carboxylic acids is 1. The fraction of sp³-hybridized carbons (Fsp3) is 0.444. The van der Waals surface area contributed by atoms with Gasteiger partial charge in [-0.25, -0.2) is 4.79 Å². The highest BCUT2D eigenvalue weighted by atomic mass is 16.5. The van der Waals surface area contributed by atoms with Crippen LogP contribution in [0.15, 0.2) is 48.5 Å². The Labute approximate surface area is 200 Å². The highest BCUT2D eigenvalue weighted by molar-refractivity contribution is 5.80. The fourth-order valence-electron chi connectivity index (χ4n) is 4.52. The molecule has 0 saturated heterocycles. The molecule has 2 amide bonds. The van der Waals surface area contributed by atoms with Gasteiger partial charge < -0.3 is 20.5 Å². The van der Waals surface area contributed by atoms with E-state index in [-0.39, 0.29) is 37.2 Å². The maximum atomic E-state index is 12.6. The van der Waals surface area contributed by atoms with Crippen LogP contribution in [-0.4, -0.2) is 41.8 Å². The lowest BCUT2D eigenvalue weighted by atomic mass is 9.98. The Balaban J connectivity index is 1.58. The molecule has 2 aromatic rings. The van der Waals surface area contributed by atoms with Crippen molar-refractivity contribution in [1.29, 1.82) is 0 Å². The molecule has 0 aromatic heterocycles. The van der Waals surface area contributed by atoms with E-state index < -0.39 is 24.1 Å². The van der Waals surface area contributed by atoms with Crippen LogP contribution in [0.1, 0.15) is 63.5 Å². The first kappa shape index (κ1) is 25.3. The van der Waals surface area contributed by atoms with Gasteiger partial charge in [0.05, 0.1) is 6.42 Å². The summed E-state index contributed by atoms with van der Waals surface area (Å²) in [5.74, 6) is -1.27. The number of hydrogen-bond acceptors (Lipinski definition) is 4. The van der Waals surface area contributed by atoms with Crippen molar-refractivity contribution in [2.24, 2.45) is 5.92 Å². The van der Waals surface area contributed by atoms with E-state index in [9.17, 15) is 14.4 Å². The van der Waals surface area contributed by atoms with Crippen molar-refractivity contribution in [2.45, 2.75) is 64.5 Å². The quantitative estimate of drug-likeness (QED) is 0.445. The van der Waals surface area contributed by atoms with Crippen molar-refractivity contribution in [3.8, 4) is 11.1 Å². The first-order chi connectivity index (χ1) is 16.3. The number of amides is 2. The van der Waals surface area contributed by atoms with Crippen molar-refractivity contribution in [1.82, 2.24) is 10.6 Å². The normalized spacial score (nSPS) is 14.1. The van der Waals surface area contributed by atoms with Gasteiger partial charge in [0.2, 0.25) is 5.91 Å². The van der Waals surface area contributed by atoms with Crippen LogP contribution in [0.4, 0.5) is 4.79 Å². The van der Waals surface area contributed by atoms with Crippen LogP contribution in [0.5, 0.6) is 0 Å². The van der Waals surface area contributed by atoms with E-state index in [1.165, 1.54) is 0 Å². The highest BCUT2D eigenvalue weighted by Gasteiger charge is 2.29. The molecule has 1 aliphatic rings. The van der Waals surface area contributed by atoms with E-state index in [1.54, 1.807) is 0 Å². The molecule has 2 atom stereocenters. The van der Waals surface area contributed by atoms with Crippen molar-refractivity contribution >= 4 is 18.0 Å². The van der Waals surface area contributed by atoms with Crippen molar-refractivity contribution < 1.29 is 24.2 Å². The van der Waals surface area contributed by atoms with Crippen LogP contribution < -0.4 is 10.6 Å². The SMILES string of the molecule is CCCC(CC(=O)O)NC(=O)CC(NC(=O)OCC1c2ccccc2-c2ccccc21)C(C)C. The second-order valence-electron chi connectivity index (χ2n) is 9.18. The van der Waals surface area contributed by atoms with Crippen molar-refractivity contribution in [3.05, 3.63) is 59.7 Å². The summed E-state index contributed by atoms with van der Waals surface area (Å²) < 4.78 is 5.61. The van der Waals surface area contributed by atoms with Gasteiger partial charge in [-0.3, -0.25) is 9.59 Å². The highest BCUT2D eigenvalue weighted by Crippen LogP contribution is 2.44. The number of ether oxygens (including phenoxy) is 1. The molecule has 0 radical (unpaired) electrons. The Bertz CT molecular complexity index is 974. The second-order valence-corrected chi connectivity index (χ2v) is 9.18. The lowest BCUT2D eigenvalue weighted by Gasteiger charge is -2.24. The van der Waals surface area contributed by atoms with Gasteiger partial charge in [0.15, 0.2) is 0 Å². The molecule has 7 heteroatoms. The summed E-state index contributed by atoms with van der Waals surface area (Å²) in [6, 6.07) is 15.4. The number of nitrogens with one attached hydrogen (secondary N) is 2. The number of carboxylic acids is 1. The van der Waals surface area contributed by atoms with Crippen LogP contribution in [0.2, 0.25) is 0 Å². The first-order valence-electron chi connectivity index (χ1n) is 11.9.